The predicted octanol–water partition coefficient (Wildman–Crippen LogP) is 3.69. The summed E-state index contributed by atoms with van der Waals surface area (Å²) in [4.78, 5) is 2.29. The van der Waals surface area contributed by atoms with Crippen LogP contribution in [-0.2, 0) is 22.9 Å². The summed E-state index contributed by atoms with van der Waals surface area (Å²) in [6.07, 6.45) is 2.56. The van der Waals surface area contributed by atoms with Crippen molar-refractivity contribution < 1.29 is 17.9 Å². The number of hydrogen-bond donors (Lipinski definition) is 1. The monoisotopic (exact) mass is 468 g/mol. The minimum absolute atomic E-state index is 0.0934. The Bertz CT molecular complexity index is 976. The number of anilines is 1. The Balaban J connectivity index is 2.02. The summed E-state index contributed by atoms with van der Waals surface area (Å²) in [5, 5.41) is 0. The number of methoxy groups -OCH3 is 2. The van der Waals surface area contributed by atoms with Crippen LogP contribution in [0, 0.1) is 0 Å². The molecule has 28 heavy (non-hydrogen) atoms. The maximum absolute atomic E-state index is 13.1. The number of rotatable bonds is 6. The van der Waals surface area contributed by atoms with E-state index in [9.17, 15) is 8.42 Å². The van der Waals surface area contributed by atoms with Gasteiger partial charge < -0.3 is 14.4 Å². The Morgan fingerprint density at radius 1 is 1.07 bits per heavy atom. The number of fused-ring (bicyclic) bond motifs is 1. The Hall–Kier alpha value is -1.77. The lowest BCUT2D eigenvalue weighted by Crippen LogP contribution is -2.34. The summed E-state index contributed by atoms with van der Waals surface area (Å²) < 4.78 is 40.4. The highest BCUT2D eigenvalue weighted by molar-refractivity contribution is 9.10. The van der Waals surface area contributed by atoms with Gasteiger partial charge in [0.05, 0.1) is 19.9 Å². The molecule has 0 aromatic heterocycles. The number of nitrogens with one attached hydrogen (secondary N) is 1. The molecule has 2 aromatic rings. The molecule has 0 spiro atoms. The SMILES string of the molecule is COc1ccc(Br)cc1S(=O)(=O)Nc1ccc(OC)c2c1CC[C@H](N(C)C)C2. The zero-order valence-electron chi connectivity index (χ0n) is 16.5. The highest BCUT2D eigenvalue weighted by Crippen LogP contribution is 2.37. The van der Waals surface area contributed by atoms with E-state index < -0.39 is 10.0 Å². The van der Waals surface area contributed by atoms with E-state index in [2.05, 4.69) is 39.6 Å². The van der Waals surface area contributed by atoms with Crippen molar-refractivity contribution in [2.45, 2.75) is 30.2 Å². The van der Waals surface area contributed by atoms with Crippen molar-refractivity contribution in [2.24, 2.45) is 0 Å². The normalized spacial score (nSPS) is 16.6. The number of sulfonamides is 1. The molecule has 6 nitrogen and oxygen atoms in total. The van der Waals surface area contributed by atoms with Gasteiger partial charge in [0, 0.05) is 16.1 Å². The number of likely N-dealkylation sites (N-methyl/N-ethyl adjacent to an activating group) is 1. The summed E-state index contributed by atoms with van der Waals surface area (Å²) in [5.74, 6) is 1.09. The molecule has 0 amide bonds. The number of hydrogen-bond acceptors (Lipinski definition) is 5. The fourth-order valence-electron chi connectivity index (χ4n) is 3.62. The molecule has 0 radical (unpaired) electrons. The standard InChI is InChI=1S/C20H25BrN2O4S/c1-23(2)14-6-7-15-16(12-14)18(26-3)10-8-17(15)22-28(24,25)20-11-13(21)5-9-19(20)27-4/h5,8-11,14,22H,6-7,12H2,1-4H3/t14-/m0/s1. The van der Waals surface area contributed by atoms with Crippen LogP contribution in [0.3, 0.4) is 0 Å². The van der Waals surface area contributed by atoms with Gasteiger partial charge in [-0.25, -0.2) is 8.42 Å². The van der Waals surface area contributed by atoms with E-state index in [1.165, 1.54) is 7.11 Å². The summed E-state index contributed by atoms with van der Waals surface area (Å²) in [6, 6.07) is 8.92. The molecule has 0 unspecified atom stereocenters. The van der Waals surface area contributed by atoms with Crippen molar-refractivity contribution in [2.75, 3.05) is 33.0 Å². The molecular weight excluding hydrogens is 444 g/mol. The second kappa shape index (κ2) is 8.31. The summed E-state index contributed by atoms with van der Waals surface area (Å²) >= 11 is 3.33. The van der Waals surface area contributed by atoms with E-state index in [1.807, 2.05) is 6.07 Å². The number of ether oxygens (including phenoxy) is 2. The molecule has 1 aliphatic carbocycles. The summed E-state index contributed by atoms with van der Waals surface area (Å²) in [7, 11) is 3.41. The zero-order valence-corrected chi connectivity index (χ0v) is 18.9. The molecule has 1 atom stereocenters. The molecule has 1 N–H and O–H groups in total. The molecule has 0 saturated carbocycles. The maximum atomic E-state index is 13.1. The van der Waals surface area contributed by atoms with Crippen molar-refractivity contribution in [1.29, 1.82) is 0 Å². The van der Waals surface area contributed by atoms with E-state index in [0.29, 0.717) is 22.0 Å². The molecule has 0 saturated heterocycles. The fourth-order valence-corrected chi connectivity index (χ4v) is 5.42. The topological polar surface area (TPSA) is 67.9 Å². The molecule has 0 aliphatic heterocycles. The van der Waals surface area contributed by atoms with Crippen molar-refractivity contribution in [3.8, 4) is 11.5 Å². The van der Waals surface area contributed by atoms with Crippen LogP contribution in [-0.4, -0.2) is 47.7 Å². The lowest BCUT2D eigenvalue weighted by Gasteiger charge is -2.32. The van der Waals surface area contributed by atoms with Gasteiger partial charge in [-0.1, -0.05) is 15.9 Å². The molecule has 0 fully saturated rings. The van der Waals surface area contributed by atoms with E-state index in [1.54, 1.807) is 31.4 Å². The quantitative estimate of drug-likeness (QED) is 0.699. The van der Waals surface area contributed by atoms with Gasteiger partial charge in [-0.2, -0.15) is 0 Å². The Kier molecular flexibility index (Phi) is 6.21. The van der Waals surface area contributed by atoms with Gasteiger partial charge in [0.25, 0.3) is 10.0 Å². The minimum Gasteiger partial charge on any atom is -0.496 e. The van der Waals surface area contributed by atoms with Gasteiger partial charge in [0.2, 0.25) is 0 Å². The van der Waals surface area contributed by atoms with Crippen LogP contribution >= 0.6 is 15.9 Å². The molecule has 3 rings (SSSR count). The van der Waals surface area contributed by atoms with Crippen LogP contribution in [0.2, 0.25) is 0 Å². The van der Waals surface area contributed by atoms with Crippen molar-refractivity contribution in [3.63, 3.8) is 0 Å². The molecule has 2 aromatic carbocycles. The van der Waals surface area contributed by atoms with Crippen molar-refractivity contribution in [3.05, 3.63) is 45.9 Å². The first kappa shape index (κ1) is 21.0. The second-order valence-electron chi connectivity index (χ2n) is 7.03. The first-order chi connectivity index (χ1) is 13.3. The number of benzene rings is 2. The average Bonchev–Trinajstić information content (AvgIpc) is 2.67. The first-order valence-corrected chi connectivity index (χ1v) is 11.3. The van der Waals surface area contributed by atoms with Gasteiger partial charge in [0.1, 0.15) is 16.4 Å². The van der Waals surface area contributed by atoms with Crippen LogP contribution in [0.1, 0.15) is 17.5 Å². The van der Waals surface area contributed by atoms with Gasteiger partial charge >= 0.3 is 0 Å². The summed E-state index contributed by atoms with van der Waals surface area (Å²) in [5.41, 5.74) is 2.65. The highest BCUT2D eigenvalue weighted by Gasteiger charge is 2.28. The van der Waals surface area contributed by atoms with Gasteiger partial charge in [-0.3, -0.25) is 4.72 Å². The third kappa shape index (κ3) is 4.14. The van der Waals surface area contributed by atoms with Crippen LogP contribution in [0.25, 0.3) is 0 Å². The molecule has 152 valence electrons. The van der Waals surface area contributed by atoms with Gasteiger partial charge in [-0.15, -0.1) is 0 Å². The molecular formula is C20H25BrN2O4S. The first-order valence-electron chi connectivity index (χ1n) is 8.98. The van der Waals surface area contributed by atoms with Crippen LogP contribution < -0.4 is 14.2 Å². The maximum Gasteiger partial charge on any atom is 0.265 e. The minimum atomic E-state index is -3.82. The Morgan fingerprint density at radius 3 is 2.39 bits per heavy atom. The fraction of sp³-hybridized carbons (Fsp3) is 0.400. The third-order valence-electron chi connectivity index (χ3n) is 5.17. The van der Waals surface area contributed by atoms with Crippen LogP contribution in [0.15, 0.2) is 39.7 Å². The smallest absolute Gasteiger partial charge is 0.265 e. The van der Waals surface area contributed by atoms with E-state index in [4.69, 9.17) is 9.47 Å². The van der Waals surface area contributed by atoms with E-state index in [0.717, 1.165) is 36.1 Å². The molecule has 0 bridgehead atoms. The van der Waals surface area contributed by atoms with Crippen LogP contribution in [0.4, 0.5) is 5.69 Å². The molecule has 0 heterocycles. The van der Waals surface area contributed by atoms with Crippen molar-refractivity contribution >= 4 is 31.6 Å². The number of nitrogens with zero attached hydrogens (tertiary/aromatic N) is 1. The Labute approximate surface area is 175 Å². The second-order valence-corrected chi connectivity index (χ2v) is 9.60. The highest BCUT2D eigenvalue weighted by atomic mass is 79.9. The number of halogens is 1. The van der Waals surface area contributed by atoms with Crippen LogP contribution in [0.5, 0.6) is 11.5 Å². The van der Waals surface area contributed by atoms with Gasteiger partial charge in [0.15, 0.2) is 0 Å². The average molecular weight is 469 g/mol. The molecule has 8 heteroatoms. The third-order valence-corrected chi connectivity index (χ3v) is 7.05. The lowest BCUT2D eigenvalue weighted by atomic mass is 9.86. The largest absolute Gasteiger partial charge is 0.496 e. The molecule has 1 aliphatic rings. The lowest BCUT2D eigenvalue weighted by molar-refractivity contribution is 0.265. The van der Waals surface area contributed by atoms with E-state index >= 15 is 0 Å². The Morgan fingerprint density at radius 2 is 1.75 bits per heavy atom. The van der Waals surface area contributed by atoms with Crippen molar-refractivity contribution in [1.82, 2.24) is 4.90 Å². The van der Waals surface area contributed by atoms with Gasteiger partial charge in [-0.05, 0) is 69.3 Å². The van der Waals surface area contributed by atoms with E-state index in [-0.39, 0.29) is 4.90 Å². The summed E-state index contributed by atoms with van der Waals surface area (Å²) in [6.45, 7) is 0. The predicted molar refractivity (Wildman–Crippen MR) is 114 cm³/mol. The zero-order chi connectivity index (χ0) is 20.5.